The van der Waals surface area contributed by atoms with Gasteiger partial charge in [0, 0.05) is 17.7 Å². The van der Waals surface area contributed by atoms with Crippen molar-refractivity contribution in [3.05, 3.63) is 0 Å². The predicted molar refractivity (Wildman–Crippen MR) is 38.6 cm³/mol. The van der Waals surface area contributed by atoms with Crippen molar-refractivity contribution in [2.75, 3.05) is 0 Å². The average Bonchev–Trinajstić information content (AvgIpc) is 2.43. The zero-order valence-electron chi connectivity index (χ0n) is 5.14. The van der Waals surface area contributed by atoms with E-state index >= 15 is 0 Å². The van der Waals surface area contributed by atoms with Crippen LogP contribution in [-0.2, 0) is 4.79 Å². The standard InChI is InChI=1S/C7H9BrO/c8-7-5-2-1-4(9)3-6(5)7/h5-7H,1-3H2/t5-,6+,7+/m0/s1. The lowest BCUT2D eigenvalue weighted by Gasteiger charge is -2.04. The van der Waals surface area contributed by atoms with Crippen molar-refractivity contribution < 1.29 is 4.79 Å². The molecule has 0 radical (unpaired) electrons. The van der Waals surface area contributed by atoms with Gasteiger partial charge in [-0.2, -0.15) is 0 Å². The smallest absolute Gasteiger partial charge is 0.133 e. The largest absolute Gasteiger partial charge is 0.300 e. The van der Waals surface area contributed by atoms with Crippen LogP contribution in [0.5, 0.6) is 0 Å². The Morgan fingerprint density at radius 2 is 2.22 bits per heavy atom. The molecule has 0 heterocycles. The van der Waals surface area contributed by atoms with Crippen molar-refractivity contribution in [3.8, 4) is 0 Å². The summed E-state index contributed by atoms with van der Waals surface area (Å²) in [5, 5.41) is 0. The molecule has 0 amide bonds. The number of ketones is 1. The highest BCUT2D eigenvalue weighted by Crippen LogP contribution is 2.53. The Kier molecular flexibility index (Phi) is 1.19. The van der Waals surface area contributed by atoms with Gasteiger partial charge < -0.3 is 0 Å². The summed E-state index contributed by atoms with van der Waals surface area (Å²) in [6, 6.07) is 0. The Hall–Kier alpha value is 0.150. The second-order valence-corrected chi connectivity index (χ2v) is 4.11. The van der Waals surface area contributed by atoms with Gasteiger partial charge in [-0.25, -0.2) is 0 Å². The number of Topliss-reactive ketones (excluding diaryl/α,β-unsaturated/α-hetero) is 1. The Bertz CT molecular complexity index is 155. The number of hydrogen-bond acceptors (Lipinski definition) is 1. The fourth-order valence-electron chi connectivity index (χ4n) is 1.73. The number of fused-ring (bicyclic) bond motifs is 1. The van der Waals surface area contributed by atoms with E-state index < -0.39 is 0 Å². The van der Waals surface area contributed by atoms with Crippen LogP contribution in [-0.4, -0.2) is 10.6 Å². The molecular formula is C7H9BrO. The highest BCUT2D eigenvalue weighted by atomic mass is 79.9. The van der Waals surface area contributed by atoms with E-state index in [-0.39, 0.29) is 0 Å². The van der Waals surface area contributed by atoms with Crippen molar-refractivity contribution in [2.45, 2.75) is 24.1 Å². The Morgan fingerprint density at radius 3 is 2.78 bits per heavy atom. The minimum atomic E-state index is 0.471. The first-order chi connectivity index (χ1) is 4.29. The maximum atomic E-state index is 10.8. The number of halogens is 1. The normalized spacial score (nSPS) is 48.6. The zero-order valence-corrected chi connectivity index (χ0v) is 6.73. The third-order valence-corrected chi connectivity index (χ3v) is 3.81. The molecule has 2 fully saturated rings. The maximum Gasteiger partial charge on any atom is 0.133 e. The van der Waals surface area contributed by atoms with Crippen LogP contribution in [0, 0.1) is 11.8 Å². The average molecular weight is 189 g/mol. The highest BCUT2D eigenvalue weighted by Gasteiger charge is 2.50. The van der Waals surface area contributed by atoms with Crippen LogP contribution in [0.15, 0.2) is 0 Å². The van der Waals surface area contributed by atoms with Gasteiger partial charge in [0.15, 0.2) is 0 Å². The number of carbonyl (C=O) groups excluding carboxylic acids is 1. The Balaban J connectivity index is 2.03. The quantitative estimate of drug-likeness (QED) is 0.530. The van der Waals surface area contributed by atoms with Crippen molar-refractivity contribution in [2.24, 2.45) is 11.8 Å². The summed E-state index contributed by atoms with van der Waals surface area (Å²) in [5.41, 5.74) is 0. The van der Waals surface area contributed by atoms with Crippen LogP contribution in [0.25, 0.3) is 0 Å². The monoisotopic (exact) mass is 188 g/mol. The van der Waals surface area contributed by atoms with Crippen LogP contribution in [0.2, 0.25) is 0 Å². The molecule has 2 rings (SSSR count). The molecular weight excluding hydrogens is 180 g/mol. The van der Waals surface area contributed by atoms with E-state index in [9.17, 15) is 4.79 Å². The van der Waals surface area contributed by atoms with E-state index in [4.69, 9.17) is 0 Å². The Morgan fingerprint density at radius 1 is 1.44 bits per heavy atom. The topological polar surface area (TPSA) is 17.1 Å². The van der Waals surface area contributed by atoms with Gasteiger partial charge in [-0.3, -0.25) is 4.79 Å². The van der Waals surface area contributed by atoms with Crippen molar-refractivity contribution in [1.82, 2.24) is 0 Å². The molecule has 2 saturated carbocycles. The third-order valence-electron chi connectivity index (χ3n) is 2.45. The van der Waals surface area contributed by atoms with Gasteiger partial charge in [-0.05, 0) is 18.3 Å². The van der Waals surface area contributed by atoms with Crippen LogP contribution >= 0.6 is 15.9 Å². The predicted octanol–water partition coefficient (Wildman–Crippen LogP) is 1.75. The summed E-state index contributed by atoms with van der Waals surface area (Å²) < 4.78 is 0. The number of carbonyl (C=O) groups is 1. The molecule has 2 heteroatoms. The zero-order chi connectivity index (χ0) is 6.43. The number of alkyl halides is 1. The molecule has 0 unspecified atom stereocenters. The molecule has 2 aliphatic rings. The maximum absolute atomic E-state index is 10.8. The van der Waals surface area contributed by atoms with Crippen molar-refractivity contribution in [3.63, 3.8) is 0 Å². The molecule has 0 aromatic heterocycles. The molecule has 0 N–H and O–H groups in total. The summed E-state index contributed by atoms with van der Waals surface area (Å²) in [4.78, 5) is 11.5. The molecule has 0 bridgehead atoms. The molecule has 0 saturated heterocycles. The minimum absolute atomic E-state index is 0.471. The number of rotatable bonds is 0. The van der Waals surface area contributed by atoms with Crippen LogP contribution in [0.4, 0.5) is 0 Å². The molecule has 0 aromatic rings. The third kappa shape index (κ3) is 0.841. The summed E-state index contributed by atoms with van der Waals surface area (Å²) in [5.74, 6) is 2.03. The molecule has 3 atom stereocenters. The van der Waals surface area contributed by atoms with Crippen LogP contribution < -0.4 is 0 Å². The van der Waals surface area contributed by atoms with Gasteiger partial charge in [0.1, 0.15) is 5.78 Å². The fraction of sp³-hybridized carbons (Fsp3) is 0.857. The van der Waals surface area contributed by atoms with E-state index in [1.807, 2.05) is 0 Å². The van der Waals surface area contributed by atoms with E-state index in [2.05, 4.69) is 15.9 Å². The minimum Gasteiger partial charge on any atom is -0.300 e. The van der Waals surface area contributed by atoms with E-state index in [1.54, 1.807) is 0 Å². The van der Waals surface area contributed by atoms with Gasteiger partial charge in [-0.15, -0.1) is 0 Å². The van der Waals surface area contributed by atoms with E-state index in [1.165, 1.54) is 0 Å². The van der Waals surface area contributed by atoms with Gasteiger partial charge in [0.05, 0.1) is 0 Å². The highest BCUT2D eigenvalue weighted by molar-refractivity contribution is 9.09. The lowest BCUT2D eigenvalue weighted by molar-refractivity contribution is -0.120. The van der Waals surface area contributed by atoms with Gasteiger partial charge in [0.2, 0.25) is 0 Å². The van der Waals surface area contributed by atoms with Gasteiger partial charge in [0.25, 0.3) is 0 Å². The molecule has 9 heavy (non-hydrogen) atoms. The van der Waals surface area contributed by atoms with E-state index in [0.717, 1.165) is 25.2 Å². The fourth-order valence-corrected chi connectivity index (χ4v) is 2.79. The van der Waals surface area contributed by atoms with Crippen molar-refractivity contribution >= 4 is 21.7 Å². The molecule has 0 spiro atoms. The van der Waals surface area contributed by atoms with Crippen LogP contribution in [0.1, 0.15) is 19.3 Å². The first kappa shape index (κ1) is 5.90. The second kappa shape index (κ2) is 1.82. The van der Waals surface area contributed by atoms with Gasteiger partial charge >= 0.3 is 0 Å². The summed E-state index contributed by atoms with van der Waals surface area (Å²) >= 11 is 3.55. The molecule has 0 aromatic carbocycles. The molecule has 0 aliphatic heterocycles. The summed E-state index contributed by atoms with van der Waals surface area (Å²) in [6.07, 6.45) is 2.82. The molecule has 1 nitrogen and oxygen atoms in total. The number of hydrogen-bond donors (Lipinski definition) is 0. The van der Waals surface area contributed by atoms with Gasteiger partial charge in [-0.1, -0.05) is 15.9 Å². The Labute approximate surface area is 62.9 Å². The second-order valence-electron chi connectivity index (χ2n) is 3.05. The molecule has 2 aliphatic carbocycles. The lowest BCUT2D eigenvalue weighted by Crippen LogP contribution is -2.05. The van der Waals surface area contributed by atoms with E-state index in [0.29, 0.717) is 16.5 Å². The van der Waals surface area contributed by atoms with Crippen molar-refractivity contribution in [1.29, 1.82) is 0 Å². The first-order valence-electron chi connectivity index (χ1n) is 3.45. The SMILES string of the molecule is O=C1CC[C@@H]2[C@@H](Br)[C@@H]2C1. The first-order valence-corrected chi connectivity index (χ1v) is 4.36. The summed E-state index contributed by atoms with van der Waals surface area (Å²) in [6.45, 7) is 0. The lowest BCUT2D eigenvalue weighted by atomic mass is 10.00. The van der Waals surface area contributed by atoms with Crippen LogP contribution in [0.3, 0.4) is 0 Å². The molecule has 50 valence electrons. The summed E-state index contributed by atoms with van der Waals surface area (Å²) in [7, 11) is 0.